The Morgan fingerprint density at radius 1 is 1.25 bits per heavy atom. The van der Waals surface area contributed by atoms with Crippen LogP contribution in [0.4, 0.5) is 5.82 Å². The molecule has 3 aromatic rings. The molecule has 3 rings (SSSR count). The summed E-state index contributed by atoms with van der Waals surface area (Å²) in [5, 5.41) is 0.706. The van der Waals surface area contributed by atoms with Crippen molar-refractivity contribution in [2.75, 3.05) is 5.73 Å². The molecule has 0 bridgehead atoms. The minimum Gasteiger partial charge on any atom is -0.384 e. The van der Waals surface area contributed by atoms with Crippen LogP contribution in [0.15, 0.2) is 36.5 Å². The molecular weight excluding hydrogens is 272 g/mol. The van der Waals surface area contributed by atoms with Crippen molar-refractivity contribution < 1.29 is 0 Å². The number of hydrogen-bond acceptors (Lipinski definition) is 3. The van der Waals surface area contributed by atoms with Gasteiger partial charge in [0.25, 0.3) is 0 Å². The third-order valence-electron chi connectivity index (χ3n) is 3.22. The molecule has 0 fully saturated rings. The lowest BCUT2D eigenvalue weighted by Crippen LogP contribution is -2.04. The maximum atomic E-state index is 6.34. The Kier molecular flexibility index (Phi) is 3.10. The van der Waals surface area contributed by atoms with Gasteiger partial charge in [-0.1, -0.05) is 17.7 Å². The zero-order chi connectivity index (χ0) is 14.3. The summed E-state index contributed by atoms with van der Waals surface area (Å²) in [5.41, 5.74) is 8.55. The van der Waals surface area contributed by atoms with Crippen molar-refractivity contribution in [2.45, 2.75) is 19.9 Å². The lowest BCUT2D eigenvalue weighted by atomic mass is 10.2. The van der Waals surface area contributed by atoms with Gasteiger partial charge in [0.05, 0.1) is 16.1 Å². The van der Waals surface area contributed by atoms with E-state index in [1.807, 2.05) is 30.3 Å². The number of nitrogens with zero attached hydrogens (tertiary/aromatic N) is 3. The fraction of sp³-hybridized carbons (Fsp3) is 0.200. The molecule has 0 aliphatic heterocycles. The Labute approximate surface area is 122 Å². The van der Waals surface area contributed by atoms with Gasteiger partial charge in [-0.3, -0.25) is 0 Å². The summed E-state index contributed by atoms with van der Waals surface area (Å²) in [6.45, 7) is 4.22. The van der Waals surface area contributed by atoms with Crippen molar-refractivity contribution in [1.82, 2.24) is 14.5 Å². The Bertz CT molecular complexity index is 777. The van der Waals surface area contributed by atoms with Crippen molar-refractivity contribution in [3.8, 4) is 11.4 Å². The topological polar surface area (TPSA) is 56.7 Å². The maximum absolute atomic E-state index is 6.34. The number of rotatable bonds is 2. The predicted molar refractivity (Wildman–Crippen MR) is 82.8 cm³/mol. The van der Waals surface area contributed by atoms with Gasteiger partial charge in [-0.15, -0.1) is 0 Å². The van der Waals surface area contributed by atoms with Gasteiger partial charge in [-0.2, -0.15) is 0 Å². The van der Waals surface area contributed by atoms with Crippen LogP contribution in [0.25, 0.3) is 22.4 Å². The third-order valence-corrected chi connectivity index (χ3v) is 3.52. The Balaban J connectivity index is 2.36. The maximum Gasteiger partial charge on any atom is 0.141 e. The van der Waals surface area contributed by atoms with E-state index in [2.05, 4.69) is 23.4 Å². The molecule has 0 aliphatic carbocycles. The minimum atomic E-state index is 0.240. The fourth-order valence-corrected chi connectivity index (χ4v) is 2.66. The van der Waals surface area contributed by atoms with E-state index in [1.165, 1.54) is 0 Å². The molecule has 0 amide bonds. The molecular formula is C15H15ClN4. The van der Waals surface area contributed by atoms with Crippen molar-refractivity contribution in [3.63, 3.8) is 0 Å². The number of nitrogens with two attached hydrogens (primary N) is 1. The zero-order valence-corrected chi connectivity index (χ0v) is 12.1. The first-order valence-electron chi connectivity index (χ1n) is 6.46. The molecule has 0 saturated carbocycles. The van der Waals surface area contributed by atoms with Crippen LogP contribution in [-0.4, -0.2) is 14.5 Å². The molecule has 0 unspecified atom stereocenters. The average Bonchev–Trinajstić information content (AvgIpc) is 2.79. The van der Waals surface area contributed by atoms with Gasteiger partial charge in [0.2, 0.25) is 0 Å². The van der Waals surface area contributed by atoms with Gasteiger partial charge in [-0.05, 0) is 38.1 Å². The molecule has 2 aromatic heterocycles. The van der Waals surface area contributed by atoms with Crippen LogP contribution in [0.2, 0.25) is 5.02 Å². The van der Waals surface area contributed by atoms with Gasteiger partial charge in [0.1, 0.15) is 11.6 Å². The third kappa shape index (κ3) is 2.02. The second-order valence-electron chi connectivity index (χ2n) is 4.98. The summed E-state index contributed by atoms with van der Waals surface area (Å²) in [7, 11) is 0. The lowest BCUT2D eigenvalue weighted by molar-refractivity contribution is 0.624. The highest BCUT2D eigenvalue weighted by atomic mass is 35.5. The number of imidazole rings is 1. The van der Waals surface area contributed by atoms with Crippen LogP contribution in [0, 0.1) is 0 Å². The molecule has 102 valence electrons. The highest BCUT2D eigenvalue weighted by Crippen LogP contribution is 2.32. The van der Waals surface area contributed by atoms with Crippen LogP contribution in [0.5, 0.6) is 0 Å². The molecule has 2 heterocycles. The molecule has 0 saturated heterocycles. The number of halogens is 1. The highest BCUT2D eigenvalue weighted by Gasteiger charge is 2.17. The molecule has 0 radical (unpaired) electrons. The van der Waals surface area contributed by atoms with E-state index in [0.717, 1.165) is 22.4 Å². The zero-order valence-electron chi connectivity index (χ0n) is 11.3. The number of hydrogen-bond donors (Lipinski definition) is 1. The van der Waals surface area contributed by atoms with E-state index in [4.69, 9.17) is 22.3 Å². The van der Waals surface area contributed by atoms with Gasteiger partial charge >= 0.3 is 0 Å². The van der Waals surface area contributed by atoms with Crippen LogP contribution in [-0.2, 0) is 0 Å². The van der Waals surface area contributed by atoms with Gasteiger partial charge in [-0.25, -0.2) is 9.97 Å². The van der Waals surface area contributed by atoms with E-state index in [1.54, 1.807) is 6.20 Å². The summed E-state index contributed by atoms with van der Waals surface area (Å²) in [6.07, 6.45) is 1.69. The SMILES string of the molecule is CC(C)n1c(-c2ccnc(N)c2)nc2cccc(Cl)c21. The van der Waals surface area contributed by atoms with Gasteiger partial charge in [0.15, 0.2) is 0 Å². The molecule has 20 heavy (non-hydrogen) atoms. The van der Waals surface area contributed by atoms with E-state index >= 15 is 0 Å². The van der Waals surface area contributed by atoms with E-state index < -0.39 is 0 Å². The molecule has 4 nitrogen and oxygen atoms in total. The smallest absolute Gasteiger partial charge is 0.141 e. The number of fused-ring (bicyclic) bond motifs is 1. The van der Waals surface area contributed by atoms with E-state index in [-0.39, 0.29) is 6.04 Å². The number of pyridine rings is 1. The van der Waals surface area contributed by atoms with E-state index in [0.29, 0.717) is 10.8 Å². The van der Waals surface area contributed by atoms with Gasteiger partial charge < -0.3 is 10.3 Å². The van der Waals surface area contributed by atoms with Crippen LogP contribution in [0.1, 0.15) is 19.9 Å². The molecule has 2 N–H and O–H groups in total. The van der Waals surface area contributed by atoms with Crippen LogP contribution in [0.3, 0.4) is 0 Å². The van der Waals surface area contributed by atoms with Crippen molar-refractivity contribution in [1.29, 1.82) is 0 Å². The first-order valence-corrected chi connectivity index (χ1v) is 6.84. The molecule has 5 heteroatoms. The minimum absolute atomic E-state index is 0.240. The summed E-state index contributed by atoms with van der Waals surface area (Å²) < 4.78 is 2.13. The largest absolute Gasteiger partial charge is 0.384 e. The standard InChI is InChI=1S/C15H15ClN4/c1-9(2)20-14-11(16)4-3-5-12(14)19-15(20)10-6-7-18-13(17)8-10/h3-9H,1-2H3,(H2,17,18). The Morgan fingerprint density at radius 3 is 2.75 bits per heavy atom. The van der Waals surface area contributed by atoms with E-state index in [9.17, 15) is 0 Å². The number of anilines is 1. The summed E-state index contributed by atoms with van der Waals surface area (Å²) in [4.78, 5) is 8.73. The fourth-order valence-electron chi connectivity index (χ4n) is 2.40. The molecule has 0 atom stereocenters. The first kappa shape index (κ1) is 12.9. The number of benzene rings is 1. The van der Waals surface area contributed by atoms with Gasteiger partial charge in [0, 0.05) is 17.8 Å². The molecule has 1 aromatic carbocycles. The predicted octanol–water partition coefficient (Wildman–Crippen LogP) is 3.91. The van der Waals surface area contributed by atoms with Crippen molar-refractivity contribution in [2.24, 2.45) is 0 Å². The number of nitrogen functional groups attached to an aromatic ring is 1. The Hall–Kier alpha value is -2.07. The van der Waals surface area contributed by atoms with Crippen molar-refractivity contribution in [3.05, 3.63) is 41.6 Å². The molecule has 0 spiro atoms. The second kappa shape index (κ2) is 4.80. The molecule has 0 aliphatic rings. The summed E-state index contributed by atoms with van der Waals surface area (Å²) >= 11 is 6.34. The highest BCUT2D eigenvalue weighted by molar-refractivity contribution is 6.35. The average molecular weight is 287 g/mol. The summed E-state index contributed by atoms with van der Waals surface area (Å²) in [6, 6.07) is 9.73. The first-order chi connectivity index (χ1) is 9.58. The summed E-state index contributed by atoms with van der Waals surface area (Å²) in [5.74, 6) is 1.34. The van der Waals surface area contributed by atoms with Crippen LogP contribution < -0.4 is 5.73 Å². The number of aromatic nitrogens is 3. The van der Waals surface area contributed by atoms with Crippen LogP contribution >= 0.6 is 11.6 Å². The second-order valence-corrected chi connectivity index (χ2v) is 5.38. The van der Waals surface area contributed by atoms with Crippen molar-refractivity contribution >= 4 is 28.5 Å². The monoisotopic (exact) mass is 286 g/mol. The quantitative estimate of drug-likeness (QED) is 0.777. The Morgan fingerprint density at radius 2 is 2.05 bits per heavy atom. The lowest BCUT2D eigenvalue weighted by Gasteiger charge is -2.13. The normalized spacial score (nSPS) is 11.4. The number of para-hydroxylation sites is 1.